The van der Waals surface area contributed by atoms with Crippen molar-refractivity contribution in [1.82, 2.24) is 10.2 Å². The van der Waals surface area contributed by atoms with Crippen LogP contribution >= 0.6 is 11.8 Å². The van der Waals surface area contributed by atoms with Crippen LogP contribution in [-0.2, 0) is 22.4 Å². The molecule has 2 aliphatic heterocycles. The molecular formula is C25H23F3N2O4S. The fraction of sp³-hybridized carbons (Fsp3) is 0.400. The number of rotatable bonds is 6. The highest BCUT2D eigenvalue weighted by Crippen LogP contribution is 2.42. The van der Waals surface area contributed by atoms with Gasteiger partial charge in [0.05, 0.1) is 13.2 Å². The number of nitrogens with one attached hydrogen (secondary N) is 1. The third kappa shape index (κ3) is 4.95. The predicted octanol–water partition coefficient (Wildman–Crippen LogP) is 4.39. The summed E-state index contributed by atoms with van der Waals surface area (Å²) in [6.45, 7) is -1.18. The molecule has 35 heavy (non-hydrogen) atoms. The van der Waals surface area contributed by atoms with E-state index in [0.717, 1.165) is 46.2 Å². The number of hydrogen-bond acceptors (Lipinski definition) is 5. The highest BCUT2D eigenvalue weighted by Gasteiger charge is 2.41. The van der Waals surface area contributed by atoms with Crippen LogP contribution in [0.3, 0.4) is 0 Å². The van der Waals surface area contributed by atoms with Crippen molar-refractivity contribution in [1.29, 1.82) is 0 Å². The van der Waals surface area contributed by atoms with Crippen molar-refractivity contribution in [3.05, 3.63) is 70.3 Å². The summed E-state index contributed by atoms with van der Waals surface area (Å²) in [5.74, 6) is -0.870. The van der Waals surface area contributed by atoms with E-state index in [2.05, 4.69) is 11.4 Å². The zero-order valence-corrected chi connectivity index (χ0v) is 19.5. The van der Waals surface area contributed by atoms with Gasteiger partial charge in [-0.3, -0.25) is 19.7 Å². The van der Waals surface area contributed by atoms with Gasteiger partial charge in [0.25, 0.3) is 11.1 Å². The molecule has 2 aromatic carbocycles. The Kier molecular flexibility index (Phi) is 6.35. The monoisotopic (exact) mass is 504 g/mol. The van der Waals surface area contributed by atoms with E-state index in [0.29, 0.717) is 12.0 Å². The standard InChI is InChI=1S/C25H23F3N2O4S/c26-25(27,28)13-30-12-20(17-3-1-2-4-19(17)23(30)32)34-10-9-14-5-7-16-15(11-14)6-8-18(16)21-22(31)29-24(33)35-21/h1-5,7,11,18,20-21H,6,8-10,12-13H2,(H,29,31,33)/t18-,20?,21?/m1/s1. The molecule has 0 bridgehead atoms. The van der Waals surface area contributed by atoms with Gasteiger partial charge in [0, 0.05) is 11.5 Å². The molecule has 6 nitrogen and oxygen atoms in total. The highest BCUT2D eigenvalue weighted by molar-refractivity contribution is 8.15. The Morgan fingerprint density at radius 3 is 2.63 bits per heavy atom. The smallest absolute Gasteiger partial charge is 0.371 e. The van der Waals surface area contributed by atoms with Gasteiger partial charge in [-0.2, -0.15) is 13.2 Å². The van der Waals surface area contributed by atoms with Gasteiger partial charge < -0.3 is 9.64 Å². The van der Waals surface area contributed by atoms with Crippen molar-refractivity contribution >= 4 is 28.8 Å². The number of thioether (sulfide) groups is 1. The van der Waals surface area contributed by atoms with Crippen LogP contribution in [-0.4, -0.2) is 53.1 Å². The molecule has 0 spiro atoms. The second kappa shape index (κ2) is 9.31. The molecule has 1 aliphatic carbocycles. The van der Waals surface area contributed by atoms with Gasteiger partial charge in [0.1, 0.15) is 17.9 Å². The number of hydrogen-bond donors (Lipinski definition) is 1. The quantitative estimate of drug-likeness (QED) is 0.632. The maximum Gasteiger partial charge on any atom is 0.406 e. The minimum Gasteiger partial charge on any atom is -0.371 e. The molecule has 10 heteroatoms. The summed E-state index contributed by atoms with van der Waals surface area (Å²) in [7, 11) is 0. The summed E-state index contributed by atoms with van der Waals surface area (Å²) < 4.78 is 45.0. The van der Waals surface area contributed by atoms with Crippen molar-refractivity contribution < 1.29 is 32.3 Å². The van der Waals surface area contributed by atoms with Crippen LogP contribution in [0.1, 0.15) is 51.1 Å². The number of carbonyl (C=O) groups is 3. The van der Waals surface area contributed by atoms with E-state index in [9.17, 15) is 27.6 Å². The maximum atomic E-state index is 13.0. The lowest BCUT2D eigenvalue weighted by Crippen LogP contribution is -2.45. The molecule has 3 aliphatic rings. The van der Waals surface area contributed by atoms with Crippen LogP contribution in [0.25, 0.3) is 0 Å². The molecule has 0 aromatic heterocycles. The summed E-state index contributed by atoms with van der Waals surface area (Å²) in [6.07, 6.45) is -2.95. The molecule has 3 amide bonds. The first-order valence-electron chi connectivity index (χ1n) is 11.4. The fourth-order valence-corrected chi connectivity index (χ4v) is 6.15. The first-order chi connectivity index (χ1) is 16.7. The Hall–Kier alpha value is -2.85. The van der Waals surface area contributed by atoms with Gasteiger partial charge in [-0.15, -0.1) is 0 Å². The van der Waals surface area contributed by atoms with Crippen LogP contribution in [0.5, 0.6) is 0 Å². The molecule has 2 aromatic rings. The van der Waals surface area contributed by atoms with E-state index in [1.54, 1.807) is 18.2 Å². The highest BCUT2D eigenvalue weighted by atomic mass is 32.2. The van der Waals surface area contributed by atoms with E-state index in [1.165, 1.54) is 6.07 Å². The SMILES string of the molecule is O=C1NC(=O)C([C@@H]2CCc3cc(CCOC4CN(CC(F)(F)F)C(=O)c5ccccc54)ccc32)S1. The normalized spacial score (nSPS) is 23.9. The van der Waals surface area contributed by atoms with Crippen LogP contribution < -0.4 is 5.32 Å². The third-order valence-corrected chi connectivity index (χ3v) is 7.82. The van der Waals surface area contributed by atoms with Crippen molar-refractivity contribution in [2.75, 3.05) is 19.7 Å². The van der Waals surface area contributed by atoms with E-state index in [-0.39, 0.29) is 35.8 Å². The average Bonchev–Trinajstić information content (AvgIpc) is 3.37. The molecule has 2 unspecified atom stereocenters. The molecular weight excluding hydrogens is 481 g/mol. The van der Waals surface area contributed by atoms with Crippen molar-refractivity contribution in [3.8, 4) is 0 Å². The number of nitrogens with zero attached hydrogens (tertiary/aromatic N) is 1. The Morgan fingerprint density at radius 2 is 1.89 bits per heavy atom. The number of carbonyl (C=O) groups excluding carboxylic acids is 3. The average molecular weight is 505 g/mol. The number of fused-ring (bicyclic) bond motifs is 2. The van der Waals surface area contributed by atoms with Crippen molar-refractivity contribution in [3.63, 3.8) is 0 Å². The van der Waals surface area contributed by atoms with Gasteiger partial charge >= 0.3 is 6.18 Å². The number of benzene rings is 2. The first kappa shape index (κ1) is 23.9. The van der Waals surface area contributed by atoms with E-state index in [4.69, 9.17) is 4.74 Å². The van der Waals surface area contributed by atoms with Gasteiger partial charge in [-0.05, 0) is 47.6 Å². The van der Waals surface area contributed by atoms with Gasteiger partial charge in [0.2, 0.25) is 5.91 Å². The maximum absolute atomic E-state index is 13.0. The lowest BCUT2D eigenvalue weighted by Gasteiger charge is -2.34. The summed E-state index contributed by atoms with van der Waals surface area (Å²) in [6, 6.07) is 12.7. The Bertz CT molecular complexity index is 1190. The zero-order valence-electron chi connectivity index (χ0n) is 18.6. The Balaban J connectivity index is 1.24. The number of aryl methyl sites for hydroxylation is 1. The first-order valence-corrected chi connectivity index (χ1v) is 12.3. The van der Waals surface area contributed by atoms with E-state index in [1.807, 2.05) is 12.1 Å². The lowest BCUT2D eigenvalue weighted by atomic mass is 9.95. The van der Waals surface area contributed by atoms with Gasteiger partial charge in [-0.1, -0.05) is 48.2 Å². The van der Waals surface area contributed by atoms with E-state index >= 15 is 0 Å². The molecule has 1 N–H and O–H groups in total. The summed E-state index contributed by atoms with van der Waals surface area (Å²) >= 11 is 1.05. The van der Waals surface area contributed by atoms with E-state index < -0.39 is 30.0 Å². The number of alkyl halides is 3. The van der Waals surface area contributed by atoms with Crippen LogP contribution in [0, 0.1) is 0 Å². The summed E-state index contributed by atoms with van der Waals surface area (Å²) in [4.78, 5) is 37.0. The molecule has 184 valence electrons. The Labute approximate surface area is 204 Å². The Morgan fingerprint density at radius 1 is 1.09 bits per heavy atom. The van der Waals surface area contributed by atoms with Crippen LogP contribution in [0.2, 0.25) is 0 Å². The van der Waals surface area contributed by atoms with Crippen molar-refractivity contribution in [2.24, 2.45) is 0 Å². The molecule has 0 radical (unpaired) electrons. The van der Waals surface area contributed by atoms with Crippen LogP contribution in [0.4, 0.5) is 18.0 Å². The van der Waals surface area contributed by atoms with Gasteiger partial charge in [0.15, 0.2) is 0 Å². The molecule has 5 rings (SSSR count). The largest absolute Gasteiger partial charge is 0.406 e. The molecule has 1 saturated heterocycles. The topological polar surface area (TPSA) is 75.7 Å². The fourth-order valence-electron chi connectivity index (χ4n) is 5.15. The van der Waals surface area contributed by atoms with Gasteiger partial charge in [-0.25, -0.2) is 0 Å². The second-order valence-electron chi connectivity index (χ2n) is 8.99. The van der Waals surface area contributed by atoms with Crippen LogP contribution in [0.15, 0.2) is 42.5 Å². The number of ether oxygens (including phenoxy) is 1. The molecule has 0 saturated carbocycles. The predicted molar refractivity (Wildman–Crippen MR) is 123 cm³/mol. The number of amides is 3. The molecule has 3 atom stereocenters. The molecule has 2 heterocycles. The second-order valence-corrected chi connectivity index (χ2v) is 10.1. The third-order valence-electron chi connectivity index (χ3n) is 6.71. The summed E-state index contributed by atoms with van der Waals surface area (Å²) in [5, 5.41) is 1.65. The zero-order chi connectivity index (χ0) is 24.7. The summed E-state index contributed by atoms with van der Waals surface area (Å²) in [5.41, 5.74) is 4.10. The lowest BCUT2D eigenvalue weighted by molar-refractivity contribution is -0.144. The minimum atomic E-state index is -4.49. The van der Waals surface area contributed by atoms with Crippen molar-refractivity contribution in [2.45, 2.75) is 42.7 Å². The molecule has 1 fully saturated rings. The number of imide groups is 1. The minimum absolute atomic E-state index is 0.00245. The number of halogens is 3.